The number of aliphatic hydroxyl groups excluding tert-OH is 1. The van der Waals surface area contributed by atoms with Crippen molar-refractivity contribution in [3.63, 3.8) is 0 Å². The maximum atomic E-state index is 13.1. The topological polar surface area (TPSA) is 237 Å². The summed E-state index contributed by atoms with van der Waals surface area (Å²) in [5, 5.41) is 10.6. The zero-order valence-corrected chi connectivity index (χ0v) is 63.7. The predicted octanol–water partition coefficient (Wildman–Crippen LogP) is 22.2. The summed E-state index contributed by atoms with van der Waals surface area (Å²) in [5.41, 5.74) is 0. The first-order chi connectivity index (χ1) is 47.7. The van der Waals surface area contributed by atoms with Crippen LogP contribution in [0.4, 0.5) is 0 Å². The van der Waals surface area contributed by atoms with Crippen molar-refractivity contribution in [2.75, 3.05) is 39.6 Å². The van der Waals surface area contributed by atoms with Gasteiger partial charge in [-0.05, 0) is 96.3 Å². The van der Waals surface area contributed by atoms with Gasteiger partial charge in [0.1, 0.15) is 19.3 Å². The van der Waals surface area contributed by atoms with Crippen LogP contribution in [0.5, 0.6) is 0 Å². The van der Waals surface area contributed by atoms with Crippen molar-refractivity contribution < 1.29 is 80.2 Å². The first-order valence-corrected chi connectivity index (χ1v) is 41.8. The molecule has 568 valence electrons. The Hall–Kier alpha value is -3.76. The van der Waals surface area contributed by atoms with Gasteiger partial charge in [0.15, 0.2) is 12.2 Å². The lowest BCUT2D eigenvalue weighted by molar-refractivity contribution is -0.161. The van der Waals surface area contributed by atoms with Gasteiger partial charge in [0, 0.05) is 25.7 Å². The van der Waals surface area contributed by atoms with E-state index in [2.05, 4.69) is 113 Å². The average Bonchev–Trinajstić information content (AvgIpc) is 0.959. The third-order valence-corrected chi connectivity index (χ3v) is 18.3. The largest absolute Gasteiger partial charge is 0.472 e. The number of rotatable bonds is 73. The van der Waals surface area contributed by atoms with E-state index in [0.717, 1.165) is 141 Å². The van der Waals surface area contributed by atoms with Crippen LogP contribution in [0.15, 0.2) is 85.1 Å². The molecule has 17 nitrogen and oxygen atoms in total. The van der Waals surface area contributed by atoms with Crippen molar-refractivity contribution in [2.45, 2.75) is 354 Å². The van der Waals surface area contributed by atoms with Crippen molar-refractivity contribution in [1.82, 2.24) is 0 Å². The van der Waals surface area contributed by atoms with E-state index < -0.39 is 97.5 Å². The van der Waals surface area contributed by atoms with Crippen LogP contribution >= 0.6 is 15.6 Å². The van der Waals surface area contributed by atoms with Crippen LogP contribution in [0.1, 0.15) is 336 Å². The van der Waals surface area contributed by atoms with E-state index in [9.17, 15) is 43.2 Å². The highest BCUT2D eigenvalue weighted by Gasteiger charge is 2.30. The average molecular weight is 1420 g/mol. The van der Waals surface area contributed by atoms with Gasteiger partial charge in [-0.1, -0.05) is 299 Å². The highest BCUT2D eigenvalue weighted by Crippen LogP contribution is 2.45. The highest BCUT2D eigenvalue weighted by molar-refractivity contribution is 7.47. The summed E-state index contributed by atoms with van der Waals surface area (Å²) in [6.45, 7) is 4.63. The molecule has 0 radical (unpaired) electrons. The van der Waals surface area contributed by atoms with E-state index in [4.69, 9.17) is 37.0 Å². The van der Waals surface area contributed by atoms with Gasteiger partial charge < -0.3 is 33.8 Å². The van der Waals surface area contributed by atoms with Crippen molar-refractivity contribution in [1.29, 1.82) is 0 Å². The van der Waals surface area contributed by atoms with Crippen molar-refractivity contribution in [3.8, 4) is 0 Å². The van der Waals surface area contributed by atoms with Crippen LogP contribution in [-0.2, 0) is 65.4 Å². The molecule has 3 N–H and O–H groups in total. The molecule has 5 unspecified atom stereocenters. The summed E-state index contributed by atoms with van der Waals surface area (Å²) in [5.74, 6) is -2.22. The monoisotopic (exact) mass is 1420 g/mol. The molecule has 0 rings (SSSR count). The van der Waals surface area contributed by atoms with Crippen LogP contribution in [0.3, 0.4) is 0 Å². The minimum absolute atomic E-state index is 0.0898. The standard InChI is InChI=1S/C79H140O17P2/c1-5-9-13-17-21-25-29-33-36-40-43-47-51-55-59-63-76(81)89-69-74(95-78(83)65-61-57-53-49-45-39-32-28-24-20-16-12-8-4)71-93-97(85,86)91-67-73(80)68-92-98(87,88)94-72-75(96-79(84)66-62-58-54-50-46-42-38-35-31-27-23-19-15-11-7-3)70-90-77(82)64-60-56-52-48-44-41-37-34-30-26-22-18-14-10-6-2/h9-10,13-14,21-22,25-26,33-34,36-37,43,47,73-75,80H,5-8,11-12,15-20,23-24,27-32,35,38-42,44-46,48-72H2,1-4H3,(H,85,86)(H,87,88)/b13-9-,14-10-,25-21-,26-22-,36-33-,37-34-,47-43-. The van der Waals surface area contributed by atoms with Crippen LogP contribution < -0.4 is 0 Å². The lowest BCUT2D eigenvalue weighted by Gasteiger charge is -2.21. The van der Waals surface area contributed by atoms with E-state index in [0.29, 0.717) is 25.7 Å². The summed E-state index contributed by atoms with van der Waals surface area (Å²) in [6, 6.07) is 0. The molecule has 0 spiro atoms. The number of ether oxygens (including phenoxy) is 4. The molecule has 0 amide bonds. The fraction of sp³-hybridized carbons (Fsp3) is 0.772. The lowest BCUT2D eigenvalue weighted by atomic mass is 10.0. The van der Waals surface area contributed by atoms with Crippen LogP contribution in [-0.4, -0.2) is 96.7 Å². The van der Waals surface area contributed by atoms with Gasteiger partial charge >= 0.3 is 39.5 Å². The maximum Gasteiger partial charge on any atom is 0.472 e. The maximum absolute atomic E-state index is 13.1. The number of hydrogen-bond acceptors (Lipinski definition) is 15. The van der Waals surface area contributed by atoms with E-state index in [1.165, 1.54) is 116 Å². The fourth-order valence-corrected chi connectivity index (χ4v) is 12.1. The number of carbonyl (C=O) groups is 4. The number of hydrogen-bond donors (Lipinski definition) is 3. The Morgan fingerprint density at radius 2 is 0.531 bits per heavy atom. The van der Waals surface area contributed by atoms with E-state index in [-0.39, 0.29) is 25.7 Å². The normalized spacial score (nSPS) is 14.4. The van der Waals surface area contributed by atoms with Gasteiger partial charge in [-0.15, -0.1) is 0 Å². The first-order valence-electron chi connectivity index (χ1n) is 38.8. The Labute approximate surface area is 595 Å². The second-order valence-electron chi connectivity index (χ2n) is 25.9. The number of carbonyl (C=O) groups excluding carboxylic acids is 4. The number of phosphoric ester groups is 2. The molecular formula is C79H140O17P2. The summed E-state index contributed by atoms with van der Waals surface area (Å²) >= 11 is 0. The molecular weight excluding hydrogens is 1280 g/mol. The minimum atomic E-state index is -4.98. The molecule has 0 aromatic rings. The zero-order chi connectivity index (χ0) is 71.8. The number of esters is 4. The van der Waals surface area contributed by atoms with Crippen LogP contribution in [0.25, 0.3) is 0 Å². The summed E-state index contributed by atoms with van der Waals surface area (Å²) in [7, 11) is -9.95. The molecule has 0 aliphatic carbocycles. The van der Waals surface area contributed by atoms with Gasteiger partial charge in [-0.2, -0.15) is 0 Å². The Balaban J connectivity index is 5.36. The highest BCUT2D eigenvalue weighted by atomic mass is 31.2. The third kappa shape index (κ3) is 70.7. The number of aliphatic hydroxyl groups is 1. The number of unbranched alkanes of at least 4 members (excludes halogenated alkanes) is 33. The van der Waals surface area contributed by atoms with Crippen LogP contribution in [0.2, 0.25) is 0 Å². The summed E-state index contributed by atoms with van der Waals surface area (Å²) < 4.78 is 68.5. The van der Waals surface area contributed by atoms with Crippen LogP contribution in [0, 0.1) is 0 Å². The lowest BCUT2D eigenvalue weighted by Crippen LogP contribution is -2.30. The molecule has 0 aliphatic heterocycles. The molecule has 0 saturated heterocycles. The zero-order valence-electron chi connectivity index (χ0n) is 62.0. The quantitative estimate of drug-likeness (QED) is 0.0169. The van der Waals surface area contributed by atoms with Gasteiger partial charge in [0.2, 0.25) is 0 Å². The third-order valence-electron chi connectivity index (χ3n) is 16.4. The molecule has 0 aromatic heterocycles. The molecule has 0 bridgehead atoms. The second kappa shape index (κ2) is 71.6. The summed E-state index contributed by atoms with van der Waals surface area (Å²) in [6.07, 6.45) is 72.8. The Morgan fingerprint density at radius 1 is 0.296 bits per heavy atom. The van der Waals surface area contributed by atoms with Crippen molar-refractivity contribution in [3.05, 3.63) is 85.1 Å². The second-order valence-corrected chi connectivity index (χ2v) is 28.8. The van der Waals surface area contributed by atoms with Gasteiger partial charge in [0.05, 0.1) is 26.4 Å². The predicted molar refractivity (Wildman–Crippen MR) is 399 cm³/mol. The number of phosphoric acid groups is 2. The van der Waals surface area contributed by atoms with E-state index in [1.54, 1.807) is 0 Å². The van der Waals surface area contributed by atoms with Crippen molar-refractivity contribution in [2.24, 2.45) is 0 Å². The van der Waals surface area contributed by atoms with E-state index in [1.807, 2.05) is 0 Å². The SMILES string of the molecule is CC/C=C\C/C=C\C/C=C\C/C=C\CCCCC(=O)OCC(COP(=O)(O)OCC(O)COP(=O)(O)OCC(COC(=O)CCCCCCC/C=C\C/C=C\C/C=C\CC)OC(=O)CCCCCCCCCCCCCCCCC)OC(=O)CCCCCCCCCCCCCCC. The smallest absolute Gasteiger partial charge is 0.462 e. The van der Waals surface area contributed by atoms with Gasteiger partial charge in [0.25, 0.3) is 0 Å². The molecule has 0 heterocycles. The van der Waals surface area contributed by atoms with E-state index >= 15 is 0 Å². The molecule has 0 saturated carbocycles. The van der Waals surface area contributed by atoms with Gasteiger partial charge in [-0.3, -0.25) is 37.3 Å². The molecule has 5 atom stereocenters. The molecule has 98 heavy (non-hydrogen) atoms. The number of allylic oxidation sites excluding steroid dienone is 14. The molecule has 0 aliphatic rings. The Morgan fingerprint density at radius 3 is 0.837 bits per heavy atom. The summed E-state index contributed by atoms with van der Waals surface area (Å²) in [4.78, 5) is 72.9. The Kier molecular flexibility index (Phi) is 68.9. The minimum Gasteiger partial charge on any atom is -0.462 e. The molecule has 19 heteroatoms. The molecule has 0 fully saturated rings. The first kappa shape index (κ1) is 94.2. The Bertz CT molecular complexity index is 2190. The molecule has 0 aromatic carbocycles. The van der Waals surface area contributed by atoms with Gasteiger partial charge in [-0.25, -0.2) is 9.13 Å². The van der Waals surface area contributed by atoms with Crippen molar-refractivity contribution >= 4 is 39.5 Å². The fourth-order valence-electron chi connectivity index (χ4n) is 10.5.